The Kier molecular flexibility index (Phi) is 56.4. The van der Waals surface area contributed by atoms with Crippen LogP contribution in [0.15, 0.2) is 0 Å². The van der Waals surface area contributed by atoms with Crippen LogP contribution in [0.3, 0.4) is 0 Å². The van der Waals surface area contributed by atoms with Crippen LogP contribution in [0.5, 0.6) is 0 Å². The van der Waals surface area contributed by atoms with E-state index in [4.69, 9.17) is 0 Å². The van der Waals surface area contributed by atoms with Gasteiger partial charge in [0.25, 0.3) is 0 Å². The molecule has 4 N–H and O–H groups in total. The molecule has 0 aliphatic heterocycles. The van der Waals surface area contributed by atoms with Gasteiger partial charge in [-0.3, -0.25) is 4.79 Å². The Morgan fingerprint density at radius 1 is 0.318 bits per heavy atom. The first kappa shape index (κ1) is 65.3. The van der Waals surface area contributed by atoms with Crippen molar-refractivity contribution in [3.05, 3.63) is 0 Å². The van der Waals surface area contributed by atoms with Gasteiger partial charge in [0.2, 0.25) is 5.91 Å². The van der Waals surface area contributed by atoms with Crippen molar-refractivity contribution in [3.63, 3.8) is 0 Å². The van der Waals surface area contributed by atoms with E-state index in [1.165, 1.54) is 302 Å². The Morgan fingerprint density at radius 2 is 0.515 bits per heavy atom. The molecule has 66 heavy (non-hydrogen) atoms. The largest absolute Gasteiger partial charge is 0.394 e. The van der Waals surface area contributed by atoms with Crippen LogP contribution in [0.25, 0.3) is 0 Å². The van der Waals surface area contributed by atoms with Crippen LogP contribution in [-0.4, -0.2) is 46.1 Å². The summed E-state index contributed by atoms with van der Waals surface area (Å²) in [6.45, 7) is 4.32. The van der Waals surface area contributed by atoms with Crippen molar-refractivity contribution in [3.8, 4) is 0 Å². The molecule has 3 atom stereocenters. The molecule has 0 bridgehead atoms. The van der Waals surface area contributed by atoms with Crippen LogP contribution in [0.4, 0.5) is 0 Å². The number of aliphatic hydroxyl groups excluding tert-OH is 3. The molecule has 0 radical (unpaired) electrons. The van der Waals surface area contributed by atoms with E-state index in [0.29, 0.717) is 12.8 Å². The van der Waals surface area contributed by atoms with Crippen LogP contribution in [0.2, 0.25) is 0 Å². The van der Waals surface area contributed by atoms with E-state index in [2.05, 4.69) is 19.2 Å². The van der Waals surface area contributed by atoms with E-state index >= 15 is 0 Å². The molecule has 5 heteroatoms. The summed E-state index contributed by atoms with van der Waals surface area (Å²) < 4.78 is 0. The third-order valence-electron chi connectivity index (χ3n) is 14.9. The number of aliphatic hydroxyl groups is 3. The van der Waals surface area contributed by atoms with E-state index in [9.17, 15) is 20.1 Å². The quantitative estimate of drug-likeness (QED) is 0.0458. The number of hydrogen-bond acceptors (Lipinski definition) is 4. The molecule has 0 rings (SSSR count). The maximum Gasteiger partial charge on any atom is 0.222 e. The third-order valence-corrected chi connectivity index (χ3v) is 14.9. The SMILES string of the molecule is CCCCCCCCCCCCCCCCCCCCCCCCCCCCCCCCC(O)CC(=O)NC(CO)C(O)CCCCCCCCCCCCCCCCCCCCCCC. The minimum absolute atomic E-state index is 0.0438. The summed E-state index contributed by atoms with van der Waals surface area (Å²) in [5, 5.41) is 33.7. The Bertz CT molecular complexity index is 898. The van der Waals surface area contributed by atoms with Crippen LogP contribution in [0, 0.1) is 0 Å². The van der Waals surface area contributed by atoms with Crippen LogP contribution in [-0.2, 0) is 4.79 Å². The predicted octanol–water partition coefficient (Wildman–Crippen LogP) is 19.3. The lowest BCUT2D eigenvalue weighted by Crippen LogP contribution is -2.46. The van der Waals surface area contributed by atoms with Crippen molar-refractivity contribution in [2.45, 2.75) is 379 Å². The van der Waals surface area contributed by atoms with Gasteiger partial charge in [-0.1, -0.05) is 341 Å². The molecule has 0 aliphatic carbocycles. The zero-order chi connectivity index (χ0) is 47.9. The van der Waals surface area contributed by atoms with E-state index < -0.39 is 18.2 Å². The van der Waals surface area contributed by atoms with Gasteiger partial charge in [-0.2, -0.15) is 0 Å². The number of carbonyl (C=O) groups is 1. The van der Waals surface area contributed by atoms with Crippen molar-refractivity contribution in [1.29, 1.82) is 0 Å². The normalized spacial score (nSPS) is 13.1. The summed E-state index contributed by atoms with van der Waals surface area (Å²) in [6, 6.07) is -0.655. The molecule has 0 aromatic heterocycles. The Morgan fingerprint density at radius 3 is 0.727 bits per heavy atom. The number of nitrogens with one attached hydrogen (secondary N) is 1. The monoisotopic (exact) mass is 934 g/mol. The lowest BCUT2D eigenvalue weighted by atomic mass is 10.0. The summed E-state index contributed by atoms with van der Waals surface area (Å²) in [5.41, 5.74) is 0. The van der Waals surface area contributed by atoms with E-state index in [-0.39, 0.29) is 18.9 Å². The van der Waals surface area contributed by atoms with Crippen LogP contribution in [0.1, 0.15) is 361 Å². The zero-order valence-corrected chi connectivity index (χ0v) is 45.4. The molecule has 396 valence electrons. The molecule has 0 saturated heterocycles. The second-order valence-electron chi connectivity index (χ2n) is 21.7. The van der Waals surface area contributed by atoms with Gasteiger partial charge in [0.05, 0.1) is 31.3 Å². The van der Waals surface area contributed by atoms with Crippen molar-refractivity contribution in [2.24, 2.45) is 0 Å². The smallest absolute Gasteiger partial charge is 0.222 e. The van der Waals surface area contributed by atoms with Crippen molar-refractivity contribution >= 4 is 5.91 Å². The maximum atomic E-state index is 12.6. The van der Waals surface area contributed by atoms with Crippen LogP contribution >= 0.6 is 0 Å². The fourth-order valence-electron chi connectivity index (χ4n) is 10.2. The highest BCUT2D eigenvalue weighted by molar-refractivity contribution is 5.76. The molecule has 0 fully saturated rings. The minimum Gasteiger partial charge on any atom is -0.394 e. The molecule has 0 aliphatic rings. The van der Waals surface area contributed by atoms with E-state index in [1.54, 1.807) is 0 Å². The molecule has 0 heterocycles. The first-order valence-corrected chi connectivity index (χ1v) is 30.8. The second-order valence-corrected chi connectivity index (χ2v) is 21.7. The van der Waals surface area contributed by atoms with Crippen molar-refractivity contribution in [1.82, 2.24) is 5.32 Å². The maximum absolute atomic E-state index is 12.6. The first-order valence-electron chi connectivity index (χ1n) is 30.8. The number of unbranched alkanes of at least 4 members (excludes halogenated alkanes) is 49. The molecule has 0 spiro atoms. The highest BCUT2D eigenvalue weighted by Crippen LogP contribution is 2.19. The van der Waals surface area contributed by atoms with Gasteiger partial charge in [-0.15, -0.1) is 0 Å². The Balaban J connectivity index is 3.45. The van der Waals surface area contributed by atoms with Crippen molar-refractivity contribution < 1.29 is 20.1 Å². The lowest BCUT2D eigenvalue weighted by Gasteiger charge is -2.23. The molecule has 0 saturated carbocycles. The van der Waals surface area contributed by atoms with Gasteiger partial charge in [0, 0.05) is 0 Å². The summed E-state index contributed by atoms with van der Waals surface area (Å²) in [5.74, 6) is -0.273. The number of amides is 1. The predicted molar refractivity (Wildman–Crippen MR) is 292 cm³/mol. The van der Waals surface area contributed by atoms with Gasteiger partial charge in [-0.05, 0) is 12.8 Å². The molecule has 0 aromatic rings. The molecule has 0 aromatic carbocycles. The highest BCUT2D eigenvalue weighted by atomic mass is 16.3. The fourth-order valence-corrected chi connectivity index (χ4v) is 10.2. The topological polar surface area (TPSA) is 89.8 Å². The minimum atomic E-state index is -0.746. The number of carbonyl (C=O) groups excluding carboxylic acids is 1. The highest BCUT2D eigenvalue weighted by Gasteiger charge is 2.21. The van der Waals surface area contributed by atoms with Gasteiger partial charge < -0.3 is 20.6 Å². The lowest BCUT2D eigenvalue weighted by molar-refractivity contribution is -0.125. The molecule has 3 unspecified atom stereocenters. The van der Waals surface area contributed by atoms with Gasteiger partial charge in [0.1, 0.15) is 0 Å². The summed E-state index contributed by atoms with van der Waals surface area (Å²) in [7, 11) is 0. The van der Waals surface area contributed by atoms with Crippen LogP contribution < -0.4 is 5.32 Å². The zero-order valence-electron chi connectivity index (χ0n) is 45.4. The van der Waals surface area contributed by atoms with Gasteiger partial charge in [0.15, 0.2) is 0 Å². The van der Waals surface area contributed by atoms with E-state index in [0.717, 1.165) is 25.7 Å². The third kappa shape index (κ3) is 52.7. The van der Waals surface area contributed by atoms with E-state index in [1.807, 2.05) is 0 Å². The summed E-state index contributed by atoms with van der Waals surface area (Å²) in [6.07, 6.45) is 70.0. The Labute approximate surface area is 415 Å². The Hall–Kier alpha value is -0.650. The standard InChI is InChI=1S/C61H123NO4/c1-3-5-7-9-11-13-15-17-19-21-23-25-26-27-28-29-30-31-32-33-35-36-38-40-42-44-46-48-50-52-54-58(64)56-61(66)62-59(57-63)60(65)55-53-51-49-47-45-43-41-39-37-34-24-22-20-18-16-14-12-10-8-6-4-2/h58-60,63-65H,3-57H2,1-2H3,(H,62,66). The fraction of sp³-hybridized carbons (Fsp3) is 0.984. The number of rotatable bonds is 58. The molecule has 1 amide bonds. The van der Waals surface area contributed by atoms with Crippen molar-refractivity contribution in [2.75, 3.05) is 6.61 Å². The molecular weight excluding hydrogens is 811 g/mol. The average molecular weight is 935 g/mol. The number of hydrogen-bond donors (Lipinski definition) is 4. The molecular formula is C61H123NO4. The van der Waals surface area contributed by atoms with Gasteiger partial charge in [-0.25, -0.2) is 0 Å². The first-order chi connectivity index (χ1) is 32.5. The molecule has 5 nitrogen and oxygen atoms in total. The average Bonchev–Trinajstić information content (AvgIpc) is 3.31. The summed E-state index contributed by atoms with van der Waals surface area (Å²) in [4.78, 5) is 12.6. The summed E-state index contributed by atoms with van der Waals surface area (Å²) >= 11 is 0. The second kappa shape index (κ2) is 56.9. The van der Waals surface area contributed by atoms with Gasteiger partial charge >= 0.3 is 0 Å².